The van der Waals surface area contributed by atoms with Gasteiger partial charge >= 0.3 is 0 Å². The van der Waals surface area contributed by atoms with Crippen molar-refractivity contribution in [2.24, 2.45) is 5.92 Å². The topological polar surface area (TPSA) is 107 Å². The van der Waals surface area contributed by atoms with Gasteiger partial charge in [0.05, 0.1) is 0 Å². The zero-order chi connectivity index (χ0) is 12.7. The van der Waals surface area contributed by atoms with Crippen molar-refractivity contribution in [1.82, 2.24) is 0 Å². The molecule has 1 unspecified atom stereocenters. The molecule has 0 saturated carbocycles. The van der Waals surface area contributed by atoms with Crippen LogP contribution in [0, 0.1) is 5.92 Å². The minimum absolute atomic E-state index is 0.570. The summed E-state index contributed by atoms with van der Waals surface area (Å²) < 4.78 is 4.96. The summed E-state index contributed by atoms with van der Waals surface area (Å²) in [5.41, 5.74) is 0. The highest BCUT2D eigenvalue weighted by Crippen LogP contribution is 2.34. The van der Waals surface area contributed by atoms with E-state index in [0.29, 0.717) is 0 Å². The van der Waals surface area contributed by atoms with Crippen molar-refractivity contribution >= 4 is 17.7 Å². The van der Waals surface area contributed by atoms with Crippen LogP contribution in [0.1, 0.15) is 13.8 Å². The maximum Gasteiger partial charge on any atom is 0.217 e. The number of hydrogen-bond donors (Lipinski definition) is 5. The number of ether oxygens (including phenoxy) is 1. The quantitative estimate of drug-likeness (QED) is 0.374. The van der Waals surface area contributed by atoms with Crippen LogP contribution in [0.3, 0.4) is 0 Å². The third kappa shape index (κ3) is 2.11. The minimum atomic E-state index is -2.08. The van der Waals surface area contributed by atoms with Gasteiger partial charge in [-0.3, -0.25) is 4.79 Å². The molecule has 1 saturated heterocycles. The summed E-state index contributed by atoms with van der Waals surface area (Å²) in [5, 5.41) is 37.8. The van der Waals surface area contributed by atoms with E-state index in [1.165, 1.54) is 0 Å². The second kappa shape index (κ2) is 4.59. The van der Waals surface area contributed by atoms with Gasteiger partial charge < -0.3 is 25.2 Å². The molecule has 1 aliphatic heterocycles. The summed E-state index contributed by atoms with van der Waals surface area (Å²) in [7, 11) is 0. The van der Waals surface area contributed by atoms with Crippen LogP contribution in [0.15, 0.2) is 0 Å². The fourth-order valence-corrected chi connectivity index (χ4v) is 1.83. The van der Waals surface area contributed by atoms with Gasteiger partial charge in [0.15, 0.2) is 11.9 Å². The molecule has 16 heavy (non-hydrogen) atoms. The smallest absolute Gasteiger partial charge is 0.217 e. The molecular weight excluding hydrogens is 236 g/mol. The first-order chi connectivity index (χ1) is 7.21. The van der Waals surface area contributed by atoms with Gasteiger partial charge in [-0.1, -0.05) is 13.8 Å². The highest BCUT2D eigenvalue weighted by molar-refractivity contribution is 7.96. The van der Waals surface area contributed by atoms with Crippen molar-refractivity contribution in [3.05, 3.63) is 0 Å². The van der Waals surface area contributed by atoms with Gasteiger partial charge in [0.2, 0.25) is 5.12 Å². The normalized spacial score (nSPS) is 44.8. The van der Waals surface area contributed by atoms with Crippen LogP contribution in [-0.2, 0) is 9.53 Å². The number of rotatable bonds is 2. The fourth-order valence-electron chi connectivity index (χ4n) is 1.63. The van der Waals surface area contributed by atoms with Gasteiger partial charge in [-0.25, -0.2) is 0 Å². The van der Waals surface area contributed by atoms with Gasteiger partial charge in [0, 0.05) is 5.92 Å². The highest BCUT2D eigenvalue weighted by atomic mass is 32.1. The van der Waals surface area contributed by atoms with Crippen molar-refractivity contribution in [3.63, 3.8) is 0 Å². The minimum Gasteiger partial charge on any atom is -0.387 e. The Morgan fingerprint density at radius 2 is 1.81 bits per heavy atom. The Balaban J connectivity index is 3.03. The first kappa shape index (κ1) is 13.9. The van der Waals surface area contributed by atoms with Crippen molar-refractivity contribution in [3.8, 4) is 0 Å². The standard InChI is InChI=1S/C9H16O6S/c1-3(2)9(14)7(12)5(11)4(10)6(15-9)8(13)16/h3-7,10-12,14H,1-2H3,(H,13,16)/t4-,5+,6+,7-,9?/m1/s1. The zero-order valence-corrected chi connectivity index (χ0v) is 9.83. The SMILES string of the molecule is CC(C)C1(O)O[C@H](C(=O)S)[C@H](O)[C@H](O)[C@H]1O. The summed E-state index contributed by atoms with van der Waals surface area (Å²) >= 11 is 3.49. The maximum atomic E-state index is 11.0. The summed E-state index contributed by atoms with van der Waals surface area (Å²) in [4.78, 5) is 11.0. The van der Waals surface area contributed by atoms with E-state index in [-0.39, 0.29) is 0 Å². The molecule has 4 N–H and O–H groups in total. The third-order valence-electron chi connectivity index (χ3n) is 2.79. The monoisotopic (exact) mass is 252 g/mol. The zero-order valence-electron chi connectivity index (χ0n) is 8.94. The lowest BCUT2D eigenvalue weighted by molar-refractivity contribution is -0.353. The third-order valence-corrected chi connectivity index (χ3v) is 3.05. The molecule has 5 atom stereocenters. The predicted molar refractivity (Wildman–Crippen MR) is 56.7 cm³/mol. The van der Waals surface area contributed by atoms with Crippen LogP contribution in [-0.4, -0.2) is 55.7 Å². The highest BCUT2D eigenvalue weighted by Gasteiger charge is 2.55. The van der Waals surface area contributed by atoms with Crippen LogP contribution < -0.4 is 0 Å². The van der Waals surface area contributed by atoms with Crippen LogP contribution in [0.2, 0.25) is 0 Å². The van der Waals surface area contributed by atoms with Crippen molar-refractivity contribution < 1.29 is 30.0 Å². The second-order valence-electron chi connectivity index (χ2n) is 4.21. The number of carbonyl (C=O) groups is 1. The average molecular weight is 252 g/mol. The summed E-state index contributed by atoms with van der Waals surface area (Å²) in [6.45, 7) is 3.10. The van der Waals surface area contributed by atoms with Crippen molar-refractivity contribution in [2.75, 3.05) is 0 Å². The summed E-state index contributed by atoms with van der Waals surface area (Å²) in [6.07, 6.45) is -6.43. The average Bonchev–Trinajstić information content (AvgIpc) is 2.19. The molecule has 1 rings (SSSR count). The fraction of sp³-hybridized carbons (Fsp3) is 0.889. The molecule has 1 fully saturated rings. The van der Waals surface area contributed by atoms with E-state index in [0.717, 1.165) is 0 Å². The van der Waals surface area contributed by atoms with E-state index in [4.69, 9.17) is 4.74 Å². The van der Waals surface area contributed by atoms with E-state index in [1.807, 2.05) is 0 Å². The number of thiol groups is 1. The van der Waals surface area contributed by atoms with Gasteiger partial charge in [-0.05, 0) is 0 Å². The van der Waals surface area contributed by atoms with E-state index < -0.39 is 41.2 Å². The molecule has 1 aliphatic rings. The molecule has 0 amide bonds. The van der Waals surface area contributed by atoms with E-state index >= 15 is 0 Å². The van der Waals surface area contributed by atoms with E-state index in [1.54, 1.807) is 13.8 Å². The molecule has 0 aromatic rings. The molecule has 94 valence electrons. The van der Waals surface area contributed by atoms with Crippen molar-refractivity contribution in [2.45, 2.75) is 44.1 Å². The molecule has 7 heteroatoms. The lowest BCUT2D eigenvalue weighted by atomic mass is 9.86. The molecule has 1 heterocycles. The Kier molecular flexibility index (Phi) is 3.99. The first-order valence-corrected chi connectivity index (χ1v) is 5.33. The molecule has 0 spiro atoms. The van der Waals surface area contributed by atoms with Crippen LogP contribution in [0.25, 0.3) is 0 Å². The lowest BCUT2D eigenvalue weighted by Crippen LogP contribution is -2.67. The Labute approximate surface area is 98.3 Å². The summed E-state index contributed by atoms with van der Waals surface area (Å²) in [6, 6.07) is 0. The first-order valence-electron chi connectivity index (χ1n) is 4.89. The number of aliphatic hydroxyl groups is 4. The van der Waals surface area contributed by atoms with Gasteiger partial charge in [-0.2, -0.15) is 0 Å². The molecule has 6 nitrogen and oxygen atoms in total. The Morgan fingerprint density at radius 3 is 2.19 bits per heavy atom. The Morgan fingerprint density at radius 1 is 1.31 bits per heavy atom. The number of aliphatic hydroxyl groups excluding tert-OH is 3. The lowest BCUT2D eigenvalue weighted by Gasteiger charge is -2.46. The van der Waals surface area contributed by atoms with Crippen molar-refractivity contribution in [1.29, 1.82) is 0 Å². The van der Waals surface area contributed by atoms with Gasteiger partial charge in [0.1, 0.15) is 18.3 Å². The Bertz CT molecular complexity index is 283. The van der Waals surface area contributed by atoms with Crippen LogP contribution in [0.4, 0.5) is 0 Å². The van der Waals surface area contributed by atoms with Crippen LogP contribution >= 0.6 is 12.6 Å². The maximum absolute atomic E-state index is 11.0. The number of hydrogen-bond acceptors (Lipinski definition) is 6. The number of carbonyl (C=O) groups excluding carboxylic acids is 1. The molecular formula is C9H16O6S. The molecule has 0 aromatic heterocycles. The largest absolute Gasteiger partial charge is 0.387 e. The molecule has 0 radical (unpaired) electrons. The van der Waals surface area contributed by atoms with Crippen LogP contribution in [0.5, 0.6) is 0 Å². The Hall–Kier alpha value is -0.180. The van der Waals surface area contributed by atoms with E-state index in [9.17, 15) is 25.2 Å². The molecule has 0 aromatic carbocycles. The summed E-state index contributed by atoms with van der Waals surface area (Å²) in [5.74, 6) is -2.65. The second-order valence-corrected chi connectivity index (χ2v) is 4.65. The van der Waals surface area contributed by atoms with Gasteiger partial charge in [-0.15, -0.1) is 12.6 Å². The molecule has 0 aliphatic carbocycles. The van der Waals surface area contributed by atoms with E-state index in [2.05, 4.69) is 12.6 Å². The molecule has 0 bridgehead atoms. The van der Waals surface area contributed by atoms with Gasteiger partial charge in [0.25, 0.3) is 0 Å². The predicted octanol–water partition coefficient (Wildman–Crippen LogP) is -1.73.